The van der Waals surface area contributed by atoms with Gasteiger partial charge < -0.3 is 14.4 Å². The number of carbonyl (C=O) groups excluding carboxylic acids is 2. The van der Waals surface area contributed by atoms with Crippen molar-refractivity contribution >= 4 is 24.0 Å². The molecule has 0 aromatic heterocycles. The number of benzene rings is 1. The molecular weight excluding hydrogens is 333 g/mol. The predicted molar refractivity (Wildman–Crippen MR) is 90.8 cm³/mol. The van der Waals surface area contributed by atoms with Crippen molar-refractivity contribution < 1.29 is 18.7 Å². The Balaban J connectivity index is 2.17. The van der Waals surface area contributed by atoms with E-state index in [4.69, 9.17) is 16.3 Å². The van der Waals surface area contributed by atoms with Crippen LogP contribution in [0.3, 0.4) is 0 Å². The molecule has 0 aliphatic carbocycles. The molecule has 0 N–H and O–H groups in total. The van der Waals surface area contributed by atoms with E-state index >= 15 is 0 Å². The zero-order valence-corrected chi connectivity index (χ0v) is 15.0. The van der Waals surface area contributed by atoms with Crippen LogP contribution in [0.1, 0.15) is 45.6 Å². The summed E-state index contributed by atoms with van der Waals surface area (Å²) >= 11 is 5.97. The topological polar surface area (TPSA) is 46.6 Å². The van der Waals surface area contributed by atoms with Crippen molar-refractivity contribution in [2.75, 3.05) is 13.1 Å². The molecule has 0 bridgehead atoms. The second kappa shape index (κ2) is 7.09. The van der Waals surface area contributed by atoms with E-state index < -0.39 is 16.8 Å². The number of hydrogen-bond acceptors (Lipinski definition) is 3. The van der Waals surface area contributed by atoms with E-state index in [0.29, 0.717) is 36.5 Å². The number of hydrogen-bond donors (Lipinski definition) is 0. The lowest BCUT2D eigenvalue weighted by Gasteiger charge is -2.41. The van der Waals surface area contributed by atoms with Gasteiger partial charge in [-0.25, -0.2) is 9.18 Å². The molecule has 4 nitrogen and oxygen atoms in total. The summed E-state index contributed by atoms with van der Waals surface area (Å²) in [5.74, 6) is -0.419. The van der Waals surface area contributed by atoms with Gasteiger partial charge in [-0.1, -0.05) is 11.6 Å². The van der Waals surface area contributed by atoms with Gasteiger partial charge >= 0.3 is 6.09 Å². The van der Waals surface area contributed by atoms with Gasteiger partial charge in [-0.15, -0.1) is 0 Å². The van der Waals surface area contributed by atoms with Gasteiger partial charge in [0.2, 0.25) is 0 Å². The fraction of sp³-hybridized carbons (Fsp3) is 0.556. The van der Waals surface area contributed by atoms with Crippen molar-refractivity contribution in [1.29, 1.82) is 0 Å². The molecule has 0 radical (unpaired) electrons. The first kappa shape index (κ1) is 18.7. The van der Waals surface area contributed by atoms with Crippen molar-refractivity contribution in [3.63, 3.8) is 0 Å². The highest BCUT2D eigenvalue weighted by molar-refractivity contribution is 6.30. The standard InChI is InChI=1S/C18H23ClFNO3/c1-17(2,3)24-16(23)21-7-4-18(5-8-21,6-9-22)13-10-14(19)12-15(20)11-13/h9-12H,4-8H2,1-3H3. The van der Waals surface area contributed by atoms with E-state index in [1.54, 1.807) is 11.0 Å². The molecule has 1 aliphatic rings. The number of carbonyl (C=O) groups is 2. The maximum atomic E-state index is 13.7. The molecule has 132 valence electrons. The molecule has 1 heterocycles. The summed E-state index contributed by atoms with van der Waals surface area (Å²) in [5.41, 5.74) is -0.334. The van der Waals surface area contributed by atoms with Crippen LogP contribution in [0.25, 0.3) is 0 Å². The van der Waals surface area contributed by atoms with E-state index in [2.05, 4.69) is 0 Å². The predicted octanol–water partition coefficient (Wildman–Crippen LogP) is 4.34. The van der Waals surface area contributed by atoms with Crippen molar-refractivity contribution in [3.8, 4) is 0 Å². The summed E-state index contributed by atoms with van der Waals surface area (Å²) in [6.07, 6.45) is 1.88. The minimum absolute atomic E-state index is 0.273. The van der Waals surface area contributed by atoms with E-state index in [1.165, 1.54) is 12.1 Å². The van der Waals surface area contributed by atoms with Crippen molar-refractivity contribution in [3.05, 3.63) is 34.6 Å². The maximum Gasteiger partial charge on any atom is 0.410 e. The summed E-state index contributed by atoms with van der Waals surface area (Å²) in [7, 11) is 0. The molecule has 1 aliphatic heterocycles. The molecule has 1 aromatic rings. The molecule has 0 atom stereocenters. The largest absolute Gasteiger partial charge is 0.444 e. The van der Waals surface area contributed by atoms with Gasteiger partial charge in [-0.3, -0.25) is 0 Å². The molecule has 0 spiro atoms. The zero-order chi connectivity index (χ0) is 18.0. The third-order valence-corrected chi connectivity index (χ3v) is 4.54. The molecule has 0 saturated carbocycles. The van der Waals surface area contributed by atoms with E-state index in [0.717, 1.165) is 6.29 Å². The summed E-state index contributed by atoms with van der Waals surface area (Å²) in [5, 5.41) is 0.310. The number of rotatable bonds is 3. The van der Waals surface area contributed by atoms with Crippen LogP contribution >= 0.6 is 11.6 Å². The number of piperidine rings is 1. The Morgan fingerprint density at radius 3 is 2.46 bits per heavy atom. The van der Waals surface area contributed by atoms with Crippen molar-refractivity contribution in [2.45, 2.75) is 51.0 Å². The zero-order valence-electron chi connectivity index (χ0n) is 14.3. The number of amides is 1. The van der Waals surface area contributed by atoms with Gasteiger partial charge in [-0.05, 0) is 57.4 Å². The molecular formula is C18H23ClFNO3. The summed E-state index contributed by atoms with van der Waals surface area (Å²) in [6, 6.07) is 4.38. The SMILES string of the molecule is CC(C)(C)OC(=O)N1CCC(CC=O)(c2cc(F)cc(Cl)c2)CC1. The van der Waals surface area contributed by atoms with Crippen LogP contribution < -0.4 is 0 Å². The third-order valence-electron chi connectivity index (χ3n) is 4.32. The van der Waals surface area contributed by atoms with E-state index in [9.17, 15) is 14.0 Å². The Kier molecular flexibility index (Phi) is 5.53. The Morgan fingerprint density at radius 2 is 1.96 bits per heavy atom. The second-order valence-electron chi connectivity index (χ2n) is 7.28. The number of likely N-dealkylation sites (tertiary alicyclic amines) is 1. The lowest BCUT2D eigenvalue weighted by atomic mass is 9.71. The van der Waals surface area contributed by atoms with Crippen LogP contribution in [0.4, 0.5) is 9.18 Å². The number of nitrogens with zero attached hydrogens (tertiary/aromatic N) is 1. The molecule has 6 heteroatoms. The Hall–Kier alpha value is -1.62. The monoisotopic (exact) mass is 355 g/mol. The molecule has 1 fully saturated rings. The van der Waals surface area contributed by atoms with Crippen LogP contribution in [0.15, 0.2) is 18.2 Å². The second-order valence-corrected chi connectivity index (χ2v) is 7.71. The lowest BCUT2D eigenvalue weighted by Crippen LogP contribution is -2.47. The van der Waals surface area contributed by atoms with Gasteiger partial charge in [0.1, 0.15) is 17.7 Å². The highest BCUT2D eigenvalue weighted by atomic mass is 35.5. The summed E-state index contributed by atoms with van der Waals surface area (Å²) < 4.78 is 19.1. The van der Waals surface area contributed by atoms with Gasteiger partial charge in [-0.2, -0.15) is 0 Å². The maximum absolute atomic E-state index is 13.7. The Labute approximate surface area is 146 Å². The third kappa shape index (κ3) is 4.47. The normalized spacial score (nSPS) is 17.5. The van der Waals surface area contributed by atoms with Crippen LogP contribution in [-0.2, 0) is 14.9 Å². The smallest absolute Gasteiger partial charge is 0.410 e. The molecule has 1 aromatic carbocycles. The molecule has 2 rings (SSSR count). The Morgan fingerprint density at radius 1 is 1.33 bits per heavy atom. The van der Waals surface area contributed by atoms with Crippen LogP contribution in [0, 0.1) is 5.82 Å². The number of ether oxygens (including phenoxy) is 1. The van der Waals surface area contributed by atoms with Gasteiger partial charge in [0.25, 0.3) is 0 Å². The average Bonchev–Trinajstić information content (AvgIpc) is 2.45. The first-order valence-corrected chi connectivity index (χ1v) is 8.41. The fourth-order valence-corrected chi connectivity index (χ4v) is 3.30. The molecule has 24 heavy (non-hydrogen) atoms. The van der Waals surface area contributed by atoms with E-state index in [1.807, 2.05) is 20.8 Å². The first-order chi connectivity index (χ1) is 11.1. The van der Waals surface area contributed by atoms with Crippen molar-refractivity contribution in [1.82, 2.24) is 4.90 Å². The molecule has 0 unspecified atom stereocenters. The number of halogens is 2. The lowest BCUT2D eigenvalue weighted by molar-refractivity contribution is -0.109. The molecule has 1 amide bonds. The summed E-state index contributed by atoms with van der Waals surface area (Å²) in [6.45, 7) is 6.37. The van der Waals surface area contributed by atoms with Crippen molar-refractivity contribution in [2.24, 2.45) is 0 Å². The minimum atomic E-state index is -0.551. The Bertz CT molecular complexity index is 599. The van der Waals surface area contributed by atoms with Gasteiger partial charge in [0.05, 0.1) is 0 Å². The molecule has 1 saturated heterocycles. The van der Waals surface area contributed by atoms with E-state index in [-0.39, 0.29) is 12.5 Å². The van der Waals surface area contributed by atoms with Crippen LogP contribution in [-0.4, -0.2) is 36.0 Å². The highest BCUT2D eigenvalue weighted by Crippen LogP contribution is 2.39. The van der Waals surface area contributed by atoms with Crippen LogP contribution in [0.5, 0.6) is 0 Å². The van der Waals surface area contributed by atoms with Gasteiger partial charge in [0, 0.05) is 29.9 Å². The first-order valence-electron chi connectivity index (χ1n) is 8.03. The average molecular weight is 356 g/mol. The van der Waals surface area contributed by atoms with Crippen LogP contribution in [0.2, 0.25) is 5.02 Å². The summed E-state index contributed by atoms with van der Waals surface area (Å²) in [4.78, 5) is 25.0. The quantitative estimate of drug-likeness (QED) is 0.758. The highest BCUT2D eigenvalue weighted by Gasteiger charge is 2.38. The van der Waals surface area contributed by atoms with Gasteiger partial charge in [0.15, 0.2) is 0 Å². The minimum Gasteiger partial charge on any atom is -0.444 e. The fourth-order valence-electron chi connectivity index (χ4n) is 3.07. The number of aldehydes is 1.